The van der Waals surface area contributed by atoms with Crippen molar-refractivity contribution in [2.75, 3.05) is 7.05 Å². The van der Waals surface area contributed by atoms with E-state index in [0.717, 1.165) is 25.7 Å². The molecule has 1 saturated carbocycles. The molecular formula is C13H17ClN2O3S. The maximum Gasteiger partial charge on any atom is 0.256 e. The second kappa shape index (κ2) is 5.71. The van der Waals surface area contributed by atoms with E-state index >= 15 is 0 Å². The molecule has 5 nitrogen and oxygen atoms in total. The van der Waals surface area contributed by atoms with Crippen molar-refractivity contribution in [1.29, 1.82) is 0 Å². The van der Waals surface area contributed by atoms with Gasteiger partial charge in [0.25, 0.3) is 5.91 Å². The van der Waals surface area contributed by atoms with Gasteiger partial charge in [-0.25, -0.2) is 13.6 Å². The molecule has 20 heavy (non-hydrogen) atoms. The maximum absolute atomic E-state index is 12.5. The van der Waals surface area contributed by atoms with Crippen LogP contribution in [0.2, 0.25) is 5.02 Å². The first-order valence-electron chi connectivity index (χ1n) is 6.41. The van der Waals surface area contributed by atoms with E-state index in [1.807, 2.05) is 0 Å². The molecule has 1 fully saturated rings. The summed E-state index contributed by atoms with van der Waals surface area (Å²) in [5.74, 6) is -0.397. The Kier molecular flexibility index (Phi) is 4.36. The van der Waals surface area contributed by atoms with Crippen LogP contribution in [0.3, 0.4) is 0 Å². The van der Waals surface area contributed by atoms with Crippen LogP contribution < -0.4 is 5.14 Å². The number of hydrogen-bond acceptors (Lipinski definition) is 3. The monoisotopic (exact) mass is 316 g/mol. The fraction of sp³-hybridized carbons (Fsp3) is 0.462. The highest BCUT2D eigenvalue weighted by molar-refractivity contribution is 7.89. The Labute approximate surface area is 123 Å². The number of nitrogens with zero attached hydrogens (tertiary/aromatic N) is 1. The maximum atomic E-state index is 12.5. The Hall–Kier alpha value is -1.11. The van der Waals surface area contributed by atoms with Gasteiger partial charge in [0.15, 0.2) is 0 Å². The lowest BCUT2D eigenvalue weighted by atomic mass is 10.1. The summed E-state index contributed by atoms with van der Waals surface area (Å²) >= 11 is 6.01. The molecule has 0 bridgehead atoms. The summed E-state index contributed by atoms with van der Waals surface area (Å²) in [6, 6.07) is 4.39. The minimum Gasteiger partial charge on any atom is -0.339 e. The first kappa shape index (κ1) is 15.3. The van der Waals surface area contributed by atoms with E-state index in [9.17, 15) is 13.2 Å². The molecule has 0 aromatic heterocycles. The summed E-state index contributed by atoms with van der Waals surface area (Å²) in [6.45, 7) is 0. The van der Waals surface area contributed by atoms with Crippen LogP contribution in [0.1, 0.15) is 36.0 Å². The van der Waals surface area contributed by atoms with Gasteiger partial charge in [-0.15, -0.1) is 0 Å². The third-order valence-electron chi connectivity index (χ3n) is 3.69. The molecule has 0 aliphatic heterocycles. The van der Waals surface area contributed by atoms with Gasteiger partial charge in [0, 0.05) is 13.1 Å². The summed E-state index contributed by atoms with van der Waals surface area (Å²) in [5, 5.41) is 5.26. The number of hydrogen-bond donors (Lipinski definition) is 1. The van der Waals surface area contributed by atoms with Gasteiger partial charge in [-0.2, -0.15) is 0 Å². The molecular weight excluding hydrogens is 300 g/mol. The molecule has 2 rings (SSSR count). The standard InChI is InChI=1S/C13H17ClN2O3S/c1-16(9-5-2-3-6-9)13(17)12-10(14)7-4-8-11(12)20(15,18)19/h4,7-9H,2-3,5-6H2,1H3,(H2,15,18,19). The van der Waals surface area contributed by atoms with Gasteiger partial charge in [-0.1, -0.05) is 30.5 Å². The van der Waals surface area contributed by atoms with E-state index in [-0.39, 0.29) is 21.5 Å². The largest absolute Gasteiger partial charge is 0.339 e. The third kappa shape index (κ3) is 2.97. The number of amides is 1. The number of sulfonamides is 1. The molecule has 2 N–H and O–H groups in total. The topological polar surface area (TPSA) is 80.5 Å². The highest BCUT2D eigenvalue weighted by Crippen LogP contribution is 2.28. The number of carbonyl (C=O) groups excluding carboxylic acids is 1. The fourth-order valence-electron chi connectivity index (χ4n) is 2.58. The van der Waals surface area contributed by atoms with Crippen molar-refractivity contribution in [3.8, 4) is 0 Å². The van der Waals surface area contributed by atoms with Crippen molar-refractivity contribution in [3.05, 3.63) is 28.8 Å². The second-order valence-corrected chi connectivity index (χ2v) is 6.95. The van der Waals surface area contributed by atoms with Crippen LogP contribution >= 0.6 is 11.6 Å². The average molecular weight is 317 g/mol. The van der Waals surface area contributed by atoms with Gasteiger partial charge in [-0.3, -0.25) is 4.79 Å². The lowest BCUT2D eigenvalue weighted by molar-refractivity contribution is 0.0731. The average Bonchev–Trinajstić information content (AvgIpc) is 2.89. The molecule has 110 valence electrons. The molecule has 1 aliphatic carbocycles. The zero-order valence-corrected chi connectivity index (χ0v) is 12.7. The van der Waals surface area contributed by atoms with E-state index in [2.05, 4.69) is 0 Å². The Morgan fingerprint density at radius 1 is 1.35 bits per heavy atom. The van der Waals surface area contributed by atoms with Crippen molar-refractivity contribution >= 4 is 27.5 Å². The highest BCUT2D eigenvalue weighted by atomic mass is 35.5. The Morgan fingerprint density at radius 2 is 1.95 bits per heavy atom. The van der Waals surface area contributed by atoms with E-state index < -0.39 is 15.9 Å². The lowest BCUT2D eigenvalue weighted by Crippen LogP contribution is -2.36. The van der Waals surface area contributed by atoms with Crippen LogP contribution in [0.15, 0.2) is 23.1 Å². The number of rotatable bonds is 3. The Balaban J connectivity index is 2.43. The van der Waals surface area contributed by atoms with Crippen molar-refractivity contribution in [2.45, 2.75) is 36.6 Å². The number of carbonyl (C=O) groups is 1. The van der Waals surface area contributed by atoms with Gasteiger partial charge < -0.3 is 4.90 Å². The van der Waals surface area contributed by atoms with Crippen molar-refractivity contribution < 1.29 is 13.2 Å². The highest BCUT2D eigenvalue weighted by Gasteiger charge is 2.29. The van der Waals surface area contributed by atoms with Gasteiger partial charge >= 0.3 is 0 Å². The van der Waals surface area contributed by atoms with Crippen molar-refractivity contribution in [1.82, 2.24) is 4.90 Å². The SMILES string of the molecule is CN(C(=O)c1c(Cl)cccc1S(N)(=O)=O)C1CCCC1. The first-order valence-corrected chi connectivity index (χ1v) is 8.33. The van der Waals surface area contributed by atoms with E-state index in [0.29, 0.717) is 0 Å². The molecule has 1 aromatic carbocycles. The fourth-order valence-corrected chi connectivity index (χ4v) is 3.64. The molecule has 0 saturated heterocycles. The van der Waals surface area contributed by atoms with Crippen LogP contribution in [-0.2, 0) is 10.0 Å². The van der Waals surface area contributed by atoms with Crippen LogP contribution in [0, 0.1) is 0 Å². The minimum atomic E-state index is -3.99. The number of nitrogens with two attached hydrogens (primary N) is 1. The van der Waals surface area contributed by atoms with Gasteiger partial charge in [0.1, 0.15) is 0 Å². The molecule has 0 atom stereocenters. The predicted octanol–water partition coefficient (Wildman–Crippen LogP) is 2.00. The van der Waals surface area contributed by atoms with Crippen LogP contribution in [-0.4, -0.2) is 32.3 Å². The van der Waals surface area contributed by atoms with Crippen molar-refractivity contribution in [3.63, 3.8) is 0 Å². The molecule has 0 unspecified atom stereocenters. The molecule has 0 heterocycles. The summed E-state index contributed by atoms with van der Waals surface area (Å²) in [7, 11) is -2.31. The molecule has 1 amide bonds. The lowest BCUT2D eigenvalue weighted by Gasteiger charge is -2.25. The second-order valence-electron chi connectivity index (χ2n) is 5.01. The third-order valence-corrected chi connectivity index (χ3v) is 4.96. The number of primary sulfonamides is 1. The summed E-state index contributed by atoms with van der Waals surface area (Å²) < 4.78 is 23.2. The minimum absolute atomic E-state index is 0.0360. The summed E-state index contributed by atoms with van der Waals surface area (Å²) in [5.41, 5.74) is -0.0360. The normalized spacial score (nSPS) is 16.4. The Bertz CT molecular complexity index is 625. The predicted molar refractivity (Wildman–Crippen MR) is 77.2 cm³/mol. The summed E-state index contributed by atoms with van der Waals surface area (Å²) in [4.78, 5) is 13.9. The smallest absolute Gasteiger partial charge is 0.256 e. The number of halogens is 1. The van der Waals surface area contributed by atoms with E-state index in [1.165, 1.54) is 18.2 Å². The van der Waals surface area contributed by atoms with Crippen molar-refractivity contribution in [2.24, 2.45) is 5.14 Å². The summed E-state index contributed by atoms with van der Waals surface area (Å²) in [6.07, 6.45) is 4.01. The molecule has 1 aliphatic rings. The van der Waals surface area contributed by atoms with Gasteiger partial charge in [0.2, 0.25) is 10.0 Å². The van der Waals surface area contributed by atoms with E-state index in [1.54, 1.807) is 11.9 Å². The number of benzene rings is 1. The molecule has 1 aromatic rings. The van der Waals surface area contributed by atoms with Gasteiger partial charge in [0.05, 0.1) is 15.5 Å². The molecule has 0 spiro atoms. The first-order chi connectivity index (χ1) is 9.32. The van der Waals surface area contributed by atoms with Crippen LogP contribution in [0.5, 0.6) is 0 Å². The van der Waals surface area contributed by atoms with Gasteiger partial charge in [-0.05, 0) is 25.0 Å². The molecule has 7 heteroatoms. The zero-order chi connectivity index (χ0) is 14.9. The van der Waals surface area contributed by atoms with Crippen LogP contribution in [0.4, 0.5) is 0 Å². The van der Waals surface area contributed by atoms with E-state index in [4.69, 9.17) is 16.7 Å². The Morgan fingerprint density at radius 3 is 2.50 bits per heavy atom. The molecule has 0 radical (unpaired) electrons. The van der Waals surface area contributed by atoms with Crippen LogP contribution in [0.25, 0.3) is 0 Å². The zero-order valence-electron chi connectivity index (χ0n) is 11.2. The quantitative estimate of drug-likeness (QED) is 0.926.